The van der Waals surface area contributed by atoms with E-state index in [0.29, 0.717) is 18.8 Å². The lowest BCUT2D eigenvalue weighted by Gasteiger charge is -2.03. The highest BCUT2D eigenvalue weighted by Crippen LogP contribution is 2.03. The minimum Gasteiger partial charge on any atom is -0.462 e. The normalized spacial score (nSPS) is 9.45. The predicted molar refractivity (Wildman–Crippen MR) is 79.6 cm³/mol. The van der Waals surface area contributed by atoms with Gasteiger partial charge in [-0.3, -0.25) is 0 Å². The first-order valence-corrected chi connectivity index (χ1v) is 7.12. The van der Waals surface area contributed by atoms with Crippen molar-refractivity contribution in [2.45, 2.75) is 26.7 Å². The van der Waals surface area contributed by atoms with E-state index in [1.165, 1.54) is 18.3 Å². The van der Waals surface area contributed by atoms with Crippen LogP contribution in [0.1, 0.15) is 47.5 Å². The molecule has 7 heteroatoms. The van der Waals surface area contributed by atoms with Crippen LogP contribution in [0.2, 0.25) is 0 Å². The molecule has 1 aromatic heterocycles. The predicted octanol–water partition coefficient (Wildman–Crippen LogP) is 1.19. The topological polar surface area (TPSA) is 106 Å². The fraction of sp³-hybridized carbons (Fsp3) is 0.533. The first-order chi connectivity index (χ1) is 10.6. The van der Waals surface area contributed by atoms with Crippen LogP contribution in [0, 0.1) is 0 Å². The van der Waals surface area contributed by atoms with Crippen molar-refractivity contribution in [2.24, 2.45) is 0 Å². The second kappa shape index (κ2) is 12.7. The SMILES string of the molecule is CCOC(=O)c1ccc(C(=O)OCC)nc1.OCCCCO. The van der Waals surface area contributed by atoms with Gasteiger partial charge in [-0.05, 0) is 38.8 Å². The molecule has 0 spiro atoms. The Hall–Kier alpha value is -1.99. The largest absolute Gasteiger partial charge is 0.462 e. The molecule has 0 aliphatic rings. The summed E-state index contributed by atoms with van der Waals surface area (Å²) in [4.78, 5) is 26.3. The summed E-state index contributed by atoms with van der Waals surface area (Å²) in [6, 6.07) is 2.92. The third-order valence-corrected chi connectivity index (χ3v) is 2.33. The van der Waals surface area contributed by atoms with Crippen LogP contribution in [0.3, 0.4) is 0 Å². The summed E-state index contributed by atoms with van der Waals surface area (Å²) in [6.45, 7) is 4.42. The van der Waals surface area contributed by atoms with E-state index in [1.807, 2.05) is 0 Å². The molecule has 124 valence electrons. The van der Waals surface area contributed by atoms with Crippen LogP contribution < -0.4 is 0 Å². The summed E-state index contributed by atoms with van der Waals surface area (Å²) in [5.41, 5.74) is 0.491. The van der Waals surface area contributed by atoms with Gasteiger partial charge in [0.2, 0.25) is 0 Å². The molecule has 0 aromatic carbocycles. The Balaban J connectivity index is 0.000000626. The third kappa shape index (κ3) is 8.33. The number of nitrogens with zero attached hydrogens (tertiary/aromatic N) is 1. The number of esters is 2. The van der Waals surface area contributed by atoms with Gasteiger partial charge in [0.05, 0.1) is 18.8 Å². The van der Waals surface area contributed by atoms with Gasteiger partial charge in [-0.25, -0.2) is 14.6 Å². The van der Waals surface area contributed by atoms with Gasteiger partial charge in [0, 0.05) is 19.4 Å². The van der Waals surface area contributed by atoms with E-state index in [9.17, 15) is 9.59 Å². The summed E-state index contributed by atoms with van der Waals surface area (Å²) in [5, 5.41) is 16.2. The molecular weight excluding hydrogens is 290 g/mol. The van der Waals surface area contributed by atoms with E-state index in [0.717, 1.165) is 12.8 Å². The Morgan fingerprint density at radius 3 is 1.95 bits per heavy atom. The molecule has 1 aromatic rings. The number of carbonyl (C=O) groups excluding carboxylic acids is 2. The van der Waals surface area contributed by atoms with Crippen molar-refractivity contribution >= 4 is 11.9 Å². The number of hydrogen-bond donors (Lipinski definition) is 2. The fourth-order valence-corrected chi connectivity index (χ4v) is 1.28. The monoisotopic (exact) mass is 313 g/mol. The molecular formula is C15H23NO6. The van der Waals surface area contributed by atoms with E-state index >= 15 is 0 Å². The Kier molecular flexibility index (Phi) is 11.6. The van der Waals surface area contributed by atoms with Crippen molar-refractivity contribution in [3.05, 3.63) is 29.6 Å². The smallest absolute Gasteiger partial charge is 0.356 e. The van der Waals surface area contributed by atoms with Crippen LogP contribution in [0.5, 0.6) is 0 Å². The van der Waals surface area contributed by atoms with E-state index in [-0.39, 0.29) is 18.9 Å². The molecule has 0 amide bonds. The van der Waals surface area contributed by atoms with Crippen molar-refractivity contribution in [3.63, 3.8) is 0 Å². The van der Waals surface area contributed by atoms with Crippen LogP contribution in [0.25, 0.3) is 0 Å². The zero-order chi connectivity index (χ0) is 16.8. The highest BCUT2D eigenvalue weighted by atomic mass is 16.5. The van der Waals surface area contributed by atoms with E-state index < -0.39 is 11.9 Å². The van der Waals surface area contributed by atoms with Crippen molar-refractivity contribution in [1.29, 1.82) is 0 Å². The van der Waals surface area contributed by atoms with E-state index in [1.54, 1.807) is 13.8 Å². The van der Waals surface area contributed by atoms with Crippen molar-refractivity contribution < 1.29 is 29.3 Å². The zero-order valence-electron chi connectivity index (χ0n) is 12.9. The first-order valence-electron chi connectivity index (χ1n) is 7.12. The van der Waals surface area contributed by atoms with Gasteiger partial charge < -0.3 is 19.7 Å². The average molecular weight is 313 g/mol. The van der Waals surface area contributed by atoms with Gasteiger partial charge >= 0.3 is 11.9 Å². The summed E-state index contributed by atoms with van der Waals surface area (Å²) in [5.74, 6) is -0.955. The molecule has 0 fully saturated rings. The van der Waals surface area contributed by atoms with Crippen molar-refractivity contribution in [3.8, 4) is 0 Å². The molecule has 0 unspecified atom stereocenters. The van der Waals surface area contributed by atoms with Crippen LogP contribution in [-0.2, 0) is 9.47 Å². The molecule has 7 nitrogen and oxygen atoms in total. The number of ether oxygens (including phenoxy) is 2. The van der Waals surface area contributed by atoms with Gasteiger partial charge in [0.25, 0.3) is 0 Å². The lowest BCUT2D eigenvalue weighted by Crippen LogP contribution is -2.09. The van der Waals surface area contributed by atoms with E-state index in [2.05, 4.69) is 4.98 Å². The van der Waals surface area contributed by atoms with Gasteiger partial charge in [-0.15, -0.1) is 0 Å². The molecule has 2 N–H and O–H groups in total. The van der Waals surface area contributed by atoms with Crippen molar-refractivity contribution in [1.82, 2.24) is 4.98 Å². The van der Waals surface area contributed by atoms with Crippen LogP contribution in [0.15, 0.2) is 18.3 Å². The molecule has 0 aliphatic carbocycles. The number of hydrogen-bond acceptors (Lipinski definition) is 7. The Morgan fingerprint density at radius 1 is 1.00 bits per heavy atom. The molecule has 0 saturated heterocycles. The molecule has 0 bridgehead atoms. The van der Waals surface area contributed by atoms with Gasteiger partial charge in [0.1, 0.15) is 5.69 Å². The molecule has 0 aliphatic heterocycles. The second-order valence-electron chi connectivity index (χ2n) is 4.03. The molecule has 0 radical (unpaired) electrons. The lowest BCUT2D eigenvalue weighted by molar-refractivity contribution is 0.0505. The van der Waals surface area contributed by atoms with Gasteiger partial charge in [-0.1, -0.05) is 0 Å². The summed E-state index contributed by atoms with van der Waals surface area (Å²) < 4.78 is 9.54. The van der Waals surface area contributed by atoms with Gasteiger partial charge in [0.15, 0.2) is 0 Å². The number of carbonyl (C=O) groups is 2. The standard InChI is InChI=1S/C11H13NO4.C4H10O2/c1-3-15-10(13)8-5-6-9(12-7-8)11(14)16-4-2;5-3-1-2-4-6/h5-7H,3-4H2,1-2H3;5-6H,1-4H2. The molecule has 22 heavy (non-hydrogen) atoms. The fourth-order valence-electron chi connectivity index (χ4n) is 1.28. The highest BCUT2D eigenvalue weighted by Gasteiger charge is 2.11. The Morgan fingerprint density at radius 2 is 1.55 bits per heavy atom. The maximum Gasteiger partial charge on any atom is 0.356 e. The quantitative estimate of drug-likeness (QED) is 0.575. The van der Waals surface area contributed by atoms with E-state index in [4.69, 9.17) is 19.7 Å². The number of aliphatic hydroxyl groups is 2. The number of aromatic nitrogens is 1. The lowest BCUT2D eigenvalue weighted by atomic mass is 10.2. The second-order valence-corrected chi connectivity index (χ2v) is 4.03. The Bertz CT molecular complexity index is 391. The number of unbranched alkanes of at least 4 members (excludes halogenated alkanes) is 1. The molecule has 1 heterocycles. The minimum absolute atomic E-state index is 0.176. The summed E-state index contributed by atoms with van der Waals surface area (Å²) >= 11 is 0. The van der Waals surface area contributed by atoms with Gasteiger partial charge in [-0.2, -0.15) is 0 Å². The molecule has 0 atom stereocenters. The maximum absolute atomic E-state index is 11.3. The Labute approximate surface area is 129 Å². The minimum atomic E-state index is -0.502. The van der Waals surface area contributed by atoms with Crippen molar-refractivity contribution in [2.75, 3.05) is 26.4 Å². The number of rotatable bonds is 7. The highest BCUT2D eigenvalue weighted by molar-refractivity contribution is 5.91. The first kappa shape index (κ1) is 20.0. The third-order valence-electron chi connectivity index (χ3n) is 2.33. The maximum atomic E-state index is 11.3. The number of aliphatic hydroxyl groups excluding tert-OH is 2. The average Bonchev–Trinajstić information content (AvgIpc) is 2.54. The molecule has 0 saturated carbocycles. The summed E-state index contributed by atoms with van der Waals surface area (Å²) in [7, 11) is 0. The van der Waals surface area contributed by atoms with Crippen LogP contribution in [-0.4, -0.2) is 53.6 Å². The van der Waals surface area contributed by atoms with Crippen LogP contribution in [0.4, 0.5) is 0 Å². The van der Waals surface area contributed by atoms with Crippen LogP contribution >= 0.6 is 0 Å². The zero-order valence-corrected chi connectivity index (χ0v) is 12.9. The molecule has 1 rings (SSSR count). The summed E-state index contributed by atoms with van der Waals surface area (Å²) in [6.07, 6.45) is 2.73. The number of pyridine rings is 1.